The molecule has 0 spiro atoms. The molecule has 1 aromatic rings. The van der Waals surface area contributed by atoms with Gasteiger partial charge in [0.2, 0.25) is 0 Å². The van der Waals surface area contributed by atoms with Crippen LogP contribution in [0.3, 0.4) is 0 Å². The number of hydrogen-bond donors (Lipinski definition) is 2. The molecule has 1 aromatic heterocycles. The number of aromatic nitrogens is 1. The van der Waals surface area contributed by atoms with E-state index >= 15 is 0 Å². The van der Waals surface area contributed by atoms with Gasteiger partial charge in [0.15, 0.2) is 0 Å². The Balaban J connectivity index is 2.11. The fourth-order valence-electron chi connectivity index (χ4n) is 1.81. The molecule has 5 heteroatoms. The second-order valence-corrected chi connectivity index (χ2v) is 4.04. The van der Waals surface area contributed by atoms with Crippen LogP contribution in [0.4, 0.5) is 5.82 Å². The van der Waals surface area contributed by atoms with Gasteiger partial charge in [-0.25, -0.2) is 4.98 Å². The zero-order valence-electron chi connectivity index (χ0n) is 9.23. The number of fused-ring (bicyclic) bond motifs is 1. The Kier molecular flexibility index (Phi) is 3.05. The van der Waals surface area contributed by atoms with Crippen molar-refractivity contribution in [3.05, 3.63) is 23.4 Å². The van der Waals surface area contributed by atoms with Gasteiger partial charge in [-0.2, -0.15) is 0 Å². The molecule has 1 aliphatic rings. The van der Waals surface area contributed by atoms with Gasteiger partial charge in [0.05, 0.1) is 5.69 Å². The Morgan fingerprint density at radius 2 is 2.44 bits per heavy atom. The van der Waals surface area contributed by atoms with Crippen LogP contribution in [0.25, 0.3) is 0 Å². The van der Waals surface area contributed by atoms with Gasteiger partial charge < -0.3 is 15.3 Å². The fourth-order valence-corrected chi connectivity index (χ4v) is 1.81. The van der Waals surface area contributed by atoms with Gasteiger partial charge in [-0.3, -0.25) is 4.79 Å². The number of pyridine rings is 1. The highest BCUT2D eigenvalue weighted by atomic mass is 16.4. The third kappa shape index (κ3) is 2.49. The smallest absolute Gasteiger partial charge is 0.322 e. The van der Waals surface area contributed by atoms with Crippen LogP contribution in [0.15, 0.2) is 12.1 Å². The highest BCUT2D eigenvalue weighted by Gasteiger charge is 2.14. The lowest BCUT2D eigenvalue weighted by Crippen LogP contribution is -2.27. The third-order valence-electron chi connectivity index (χ3n) is 2.67. The van der Waals surface area contributed by atoms with Crippen LogP contribution in [0, 0.1) is 0 Å². The molecule has 0 saturated heterocycles. The third-order valence-corrected chi connectivity index (χ3v) is 2.67. The van der Waals surface area contributed by atoms with Crippen LogP contribution in [-0.4, -0.2) is 41.1 Å². The summed E-state index contributed by atoms with van der Waals surface area (Å²) in [6, 6.07) is 3.87. The van der Waals surface area contributed by atoms with E-state index in [1.54, 1.807) is 0 Å². The Labute approximate surface area is 94.1 Å². The number of nitrogens with zero attached hydrogens (tertiary/aromatic N) is 2. The van der Waals surface area contributed by atoms with Crippen molar-refractivity contribution in [2.75, 3.05) is 25.5 Å². The second kappa shape index (κ2) is 4.49. The van der Waals surface area contributed by atoms with E-state index in [0.717, 1.165) is 25.2 Å². The zero-order chi connectivity index (χ0) is 11.5. The Bertz CT molecular complexity index is 406. The molecule has 2 N–H and O–H groups in total. The monoisotopic (exact) mass is 221 g/mol. The van der Waals surface area contributed by atoms with E-state index in [-0.39, 0.29) is 6.54 Å². The van der Waals surface area contributed by atoms with Gasteiger partial charge in [-0.1, -0.05) is 6.07 Å². The van der Waals surface area contributed by atoms with Crippen molar-refractivity contribution in [2.24, 2.45) is 0 Å². The minimum atomic E-state index is -0.878. The van der Waals surface area contributed by atoms with Gasteiger partial charge in [0, 0.05) is 13.1 Å². The summed E-state index contributed by atoms with van der Waals surface area (Å²) in [6.07, 6.45) is 1.01. The molecule has 0 aromatic carbocycles. The number of carboxylic acids is 1. The van der Waals surface area contributed by atoms with Crippen LogP contribution in [-0.2, 0) is 17.8 Å². The van der Waals surface area contributed by atoms with Crippen LogP contribution in [0.1, 0.15) is 11.3 Å². The summed E-state index contributed by atoms with van der Waals surface area (Å²) in [5.74, 6) is -0.243. The Morgan fingerprint density at radius 1 is 1.62 bits per heavy atom. The van der Waals surface area contributed by atoms with E-state index in [9.17, 15) is 4.79 Å². The molecule has 86 valence electrons. The predicted molar refractivity (Wildman–Crippen MR) is 60.4 cm³/mol. The van der Waals surface area contributed by atoms with Crippen LogP contribution in [0.2, 0.25) is 0 Å². The number of rotatable bonds is 3. The average molecular weight is 221 g/mol. The fraction of sp³-hybridized carbons (Fsp3) is 0.455. The summed E-state index contributed by atoms with van der Waals surface area (Å²) in [6.45, 7) is 1.79. The molecule has 0 fully saturated rings. The lowest BCUT2D eigenvalue weighted by molar-refractivity contribution is -0.134. The number of hydrogen-bond acceptors (Lipinski definition) is 4. The second-order valence-electron chi connectivity index (χ2n) is 4.04. The molecule has 0 bridgehead atoms. The van der Waals surface area contributed by atoms with Crippen molar-refractivity contribution in [2.45, 2.75) is 13.0 Å². The molecule has 2 rings (SSSR count). The number of carbonyl (C=O) groups is 1. The van der Waals surface area contributed by atoms with E-state index in [2.05, 4.69) is 22.2 Å². The highest BCUT2D eigenvalue weighted by Crippen LogP contribution is 2.17. The summed E-state index contributed by atoms with van der Waals surface area (Å²) in [7, 11) is 2.06. The van der Waals surface area contributed by atoms with E-state index in [4.69, 9.17) is 5.11 Å². The minimum Gasteiger partial charge on any atom is -0.480 e. The molecule has 0 radical (unpaired) electrons. The molecule has 0 unspecified atom stereocenters. The molecule has 16 heavy (non-hydrogen) atoms. The molecule has 5 nitrogen and oxygen atoms in total. The summed E-state index contributed by atoms with van der Waals surface area (Å²) in [4.78, 5) is 17.0. The first-order valence-corrected chi connectivity index (χ1v) is 5.28. The first kappa shape index (κ1) is 10.9. The largest absolute Gasteiger partial charge is 0.480 e. The Morgan fingerprint density at radius 3 is 3.19 bits per heavy atom. The molecule has 0 atom stereocenters. The Hall–Kier alpha value is -1.62. The van der Waals surface area contributed by atoms with Crippen molar-refractivity contribution in [1.82, 2.24) is 9.88 Å². The SMILES string of the molecule is CN1CCc2ccc(NCC(=O)O)nc2C1. The maximum absolute atomic E-state index is 10.4. The molecule has 0 amide bonds. The van der Waals surface area contributed by atoms with Gasteiger partial charge >= 0.3 is 5.97 Å². The minimum absolute atomic E-state index is 0.0956. The van der Waals surface area contributed by atoms with Gasteiger partial charge in [0.25, 0.3) is 0 Å². The van der Waals surface area contributed by atoms with Crippen LogP contribution in [0.5, 0.6) is 0 Å². The number of nitrogens with one attached hydrogen (secondary N) is 1. The molecule has 0 aliphatic carbocycles. The van der Waals surface area contributed by atoms with Crippen molar-refractivity contribution in [3.8, 4) is 0 Å². The number of carboxylic acid groups (broad SMARTS) is 1. The maximum Gasteiger partial charge on any atom is 0.322 e. The standard InChI is InChI=1S/C11H15N3O2/c1-14-5-4-8-2-3-10(12-6-11(15)16)13-9(8)7-14/h2-3H,4-7H2,1H3,(H,12,13)(H,15,16). The van der Waals surface area contributed by atoms with E-state index < -0.39 is 5.97 Å². The van der Waals surface area contributed by atoms with E-state index in [0.29, 0.717) is 5.82 Å². The van der Waals surface area contributed by atoms with Gasteiger partial charge in [-0.05, 0) is 25.1 Å². The van der Waals surface area contributed by atoms with Crippen LogP contribution < -0.4 is 5.32 Å². The van der Waals surface area contributed by atoms with E-state index in [1.165, 1.54) is 5.56 Å². The molecular weight excluding hydrogens is 206 g/mol. The zero-order valence-corrected chi connectivity index (χ0v) is 9.23. The normalized spacial score (nSPS) is 15.6. The summed E-state index contributed by atoms with van der Waals surface area (Å²) in [5.41, 5.74) is 2.31. The van der Waals surface area contributed by atoms with Crippen molar-refractivity contribution in [1.29, 1.82) is 0 Å². The molecule has 1 aliphatic heterocycles. The topological polar surface area (TPSA) is 65.5 Å². The van der Waals surface area contributed by atoms with Gasteiger partial charge in [-0.15, -0.1) is 0 Å². The lowest BCUT2D eigenvalue weighted by Gasteiger charge is -2.24. The quantitative estimate of drug-likeness (QED) is 0.781. The number of anilines is 1. The summed E-state index contributed by atoms with van der Waals surface area (Å²) < 4.78 is 0. The molecular formula is C11H15N3O2. The van der Waals surface area contributed by atoms with Crippen molar-refractivity contribution >= 4 is 11.8 Å². The highest BCUT2D eigenvalue weighted by molar-refractivity contribution is 5.72. The number of aliphatic carboxylic acids is 1. The maximum atomic E-state index is 10.4. The molecule has 2 heterocycles. The predicted octanol–water partition coefficient (Wildman–Crippen LogP) is 0.566. The summed E-state index contributed by atoms with van der Waals surface area (Å²) in [5, 5.41) is 11.3. The van der Waals surface area contributed by atoms with Crippen LogP contribution >= 0.6 is 0 Å². The molecule has 0 saturated carbocycles. The van der Waals surface area contributed by atoms with Crippen molar-refractivity contribution < 1.29 is 9.90 Å². The van der Waals surface area contributed by atoms with E-state index in [1.807, 2.05) is 12.1 Å². The summed E-state index contributed by atoms with van der Waals surface area (Å²) >= 11 is 0. The number of likely N-dealkylation sites (N-methyl/N-ethyl adjacent to an activating group) is 1. The average Bonchev–Trinajstić information content (AvgIpc) is 2.25. The van der Waals surface area contributed by atoms with Crippen molar-refractivity contribution in [3.63, 3.8) is 0 Å². The first-order chi connectivity index (χ1) is 7.65. The first-order valence-electron chi connectivity index (χ1n) is 5.28. The van der Waals surface area contributed by atoms with Gasteiger partial charge in [0.1, 0.15) is 12.4 Å². The lowest BCUT2D eigenvalue weighted by atomic mass is 10.1.